The van der Waals surface area contributed by atoms with Crippen molar-refractivity contribution in [1.29, 1.82) is 0 Å². The van der Waals surface area contributed by atoms with Gasteiger partial charge in [-0.25, -0.2) is 0 Å². The van der Waals surface area contributed by atoms with Gasteiger partial charge in [0.05, 0.1) is 0 Å². The third kappa shape index (κ3) is 6.82. The van der Waals surface area contributed by atoms with E-state index in [9.17, 15) is 0 Å². The highest BCUT2D eigenvalue weighted by Crippen LogP contribution is 2.42. The van der Waals surface area contributed by atoms with E-state index in [4.69, 9.17) is 0 Å². The molecule has 1 fully saturated rings. The first-order valence-electron chi connectivity index (χ1n) is 8.71. The van der Waals surface area contributed by atoms with Crippen LogP contribution in [0.2, 0.25) is 0 Å². The largest absolute Gasteiger partial charge is 0.0625 e. The molecule has 1 aliphatic rings. The van der Waals surface area contributed by atoms with Crippen LogP contribution in [0.4, 0.5) is 0 Å². The van der Waals surface area contributed by atoms with Gasteiger partial charge in [-0.05, 0) is 48.3 Å². The van der Waals surface area contributed by atoms with Crippen molar-refractivity contribution in [1.82, 2.24) is 0 Å². The molecule has 0 heteroatoms. The van der Waals surface area contributed by atoms with Gasteiger partial charge in [0.25, 0.3) is 0 Å². The molecule has 1 unspecified atom stereocenters. The Kier molecular flexibility index (Phi) is 6.40. The van der Waals surface area contributed by atoms with Crippen molar-refractivity contribution in [2.75, 3.05) is 0 Å². The standard InChI is InChI=1S/C19H38/c1-16(15-18(2,3)4)11-10-14-19(5,6)17-12-8-7-9-13-17/h16-17H,7-15H2,1-6H3. The molecule has 0 N–H and O–H groups in total. The number of hydrogen-bond acceptors (Lipinski definition) is 0. The molecule has 0 saturated heterocycles. The topological polar surface area (TPSA) is 0 Å². The van der Waals surface area contributed by atoms with Gasteiger partial charge in [-0.1, -0.05) is 73.6 Å². The minimum atomic E-state index is 0.498. The molecular weight excluding hydrogens is 228 g/mol. The van der Waals surface area contributed by atoms with E-state index in [0.29, 0.717) is 10.8 Å². The minimum Gasteiger partial charge on any atom is -0.0625 e. The summed E-state index contributed by atoms with van der Waals surface area (Å²) in [5.74, 6) is 1.89. The van der Waals surface area contributed by atoms with Crippen LogP contribution in [0, 0.1) is 22.7 Å². The molecule has 0 bridgehead atoms. The summed E-state index contributed by atoms with van der Waals surface area (Å²) in [6.45, 7) is 14.6. The molecule has 0 spiro atoms. The summed E-state index contributed by atoms with van der Waals surface area (Å²) >= 11 is 0. The highest BCUT2D eigenvalue weighted by molar-refractivity contribution is 4.81. The third-order valence-electron chi connectivity index (χ3n) is 5.19. The molecule has 1 saturated carbocycles. The maximum atomic E-state index is 2.53. The van der Waals surface area contributed by atoms with Crippen LogP contribution in [0.1, 0.15) is 99.3 Å². The first-order valence-corrected chi connectivity index (χ1v) is 8.71. The van der Waals surface area contributed by atoms with E-state index in [1.165, 1.54) is 57.8 Å². The van der Waals surface area contributed by atoms with Crippen LogP contribution in [0.5, 0.6) is 0 Å². The maximum absolute atomic E-state index is 2.53. The van der Waals surface area contributed by atoms with Crippen molar-refractivity contribution in [2.45, 2.75) is 99.3 Å². The Hall–Kier alpha value is 0. The fourth-order valence-electron chi connectivity index (χ4n) is 4.14. The van der Waals surface area contributed by atoms with Crippen LogP contribution >= 0.6 is 0 Å². The fourth-order valence-corrected chi connectivity index (χ4v) is 4.14. The van der Waals surface area contributed by atoms with Crippen molar-refractivity contribution in [3.8, 4) is 0 Å². The predicted octanol–water partition coefficient (Wildman–Crippen LogP) is 6.84. The average molecular weight is 267 g/mol. The van der Waals surface area contributed by atoms with Gasteiger partial charge in [0.1, 0.15) is 0 Å². The summed E-state index contributed by atoms with van der Waals surface area (Å²) in [6, 6.07) is 0. The lowest BCUT2D eigenvalue weighted by molar-refractivity contribution is 0.138. The second-order valence-corrected chi connectivity index (χ2v) is 9.09. The summed E-state index contributed by atoms with van der Waals surface area (Å²) in [6.07, 6.45) is 13.1. The van der Waals surface area contributed by atoms with E-state index in [2.05, 4.69) is 41.5 Å². The highest BCUT2D eigenvalue weighted by atomic mass is 14.4. The van der Waals surface area contributed by atoms with Gasteiger partial charge < -0.3 is 0 Å². The normalized spacial score (nSPS) is 20.5. The first-order chi connectivity index (χ1) is 8.71. The molecule has 0 amide bonds. The summed E-state index contributed by atoms with van der Waals surface area (Å²) in [4.78, 5) is 0. The molecule has 1 aliphatic carbocycles. The Balaban J connectivity index is 2.26. The zero-order chi connectivity index (χ0) is 14.5. The summed E-state index contributed by atoms with van der Waals surface area (Å²) in [5.41, 5.74) is 1.08. The Labute approximate surface area is 122 Å². The van der Waals surface area contributed by atoms with Crippen LogP contribution in [-0.4, -0.2) is 0 Å². The lowest BCUT2D eigenvalue weighted by atomic mass is 9.68. The van der Waals surface area contributed by atoms with E-state index in [-0.39, 0.29) is 0 Å². The maximum Gasteiger partial charge on any atom is -0.0326 e. The molecule has 0 aromatic carbocycles. The molecule has 0 nitrogen and oxygen atoms in total. The summed E-state index contributed by atoms with van der Waals surface area (Å²) < 4.78 is 0. The molecule has 19 heavy (non-hydrogen) atoms. The molecule has 0 aromatic rings. The van der Waals surface area contributed by atoms with Crippen molar-refractivity contribution < 1.29 is 0 Å². The van der Waals surface area contributed by atoms with Crippen LogP contribution in [-0.2, 0) is 0 Å². The Morgan fingerprint density at radius 3 is 2.05 bits per heavy atom. The Bertz CT molecular complexity index is 237. The van der Waals surface area contributed by atoms with Crippen LogP contribution in [0.15, 0.2) is 0 Å². The van der Waals surface area contributed by atoms with E-state index >= 15 is 0 Å². The third-order valence-corrected chi connectivity index (χ3v) is 5.19. The molecule has 1 atom stereocenters. The van der Waals surface area contributed by atoms with Gasteiger partial charge in [0.15, 0.2) is 0 Å². The quantitative estimate of drug-likeness (QED) is 0.494. The summed E-state index contributed by atoms with van der Waals surface area (Å²) in [5, 5.41) is 0. The predicted molar refractivity (Wildman–Crippen MR) is 87.4 cm³/mol. The second kappa shape index (κ2) is 7.14. The van der Waals surface area contributed by atoms with Crippen LogP contribution in [0.3, 0.4) is 0 Å². The van der Waals surface area contributed by atoms with Crippen LogP contribution in [0.25, 0.3) is 0 Å². The zero-order valence-electron chi connectivity index (χ0n) is 14.5. The van der Waals surface area contributed by atoms with Crippen molar-refractivity contribution in [3.05, 3.63) is 0 Å². The van der Waals surface area contributed by atoms with Crippen molar-refractivity contribution >= 4 is 0 Å². The molecule has 0 aliphatic heterocycles. The first kappa shape index (κ1) is 17.1. The number of rotatable bonds is 6. The van der Waals surface area contributed by atoms with Crippen molar-refractivity contribution in [3.63, 3.8) is 0 Å². The molecule has 0 heterocycles. The number of hydrogen-bond donors (Lipinski definition) is 0. The molecule has 0 radical (unpaired) electrons. The molecule has 0 aromatic heterocycles. The second-order valence-electron chi connectivity index (χ2n) is 9.09. The van der Waals surface area contributed by atoms with Gasteiger partial charge in [-0.3, -0.25) is 0 Å². The highest BCUT2D eigenvalue weighted by Gasteiger charge is 2.30. The van der Waals surface area contributed by atoms with Gasteiger partial charge in [-0.15, -0.1) is 0 Å². The Morgan fingerprint density at radius 2 is 1.53 bits per heavy atom. The lowest BCUT2D eigenvalue weighted by Gasteiger charge is -2.37. The van der Waals surface area contributed by atoms with E-state index in [1.807, 2.05) is 0 Å². The van der Waals surface area contributed by atoms with E-state index in [1.54, 1.807) is 0 Å². The van der Waals surface area contributed by atoms with Crippen LogP contribution < -0.4 is 0 Å². The van der Waals surface area contributed by atoms with Crippen molar-refractivity contribution in [2.24, 2.45) is 22.7 Å². The van der Waals surface area contributed by atoms with Gasteiger partial charge in [0.2, 0.25) is 0 Å². The Morgan fingerprint density at radius 1 is 0.947 bits per heavy atom. The molecule has 1 rings (SSSR count). The van der Waals surface area contributed by atoms with E-state index in [0.717, 1.165) is 11.8 Å². The van der Waals surface area contributed by atoms with Gasteiger partial charge in [-0.2, -0.15) is 0 Å². The van der Waals surface area contributed by atoms with Gasteiger partial charge >= 0.3 is 0 Å². The summed E-state index contributed by atoms with van der Waals surface area (Å²) in [7, 11) is 0. The average Bonchev–Trinajstić information content (AvgIpc) is 2.27. The fraction of sp³-hybridized carbons (Fsp3) is 1.00. The minimum absolute atomic E-state index is 0.498. The monoisotopic (exact) mass is 266 g/mol. The SMILES string of the molecule is CC(CCCC(C)(C)C1CCCCC1)CC(C)(C)C. The zero-order valence-corrected chi connectivity index (χ0v) is 14.5. The smallest absolute Gasteiger partial charge is 0.0326 e. The molecular formula is C19H38. The van der Waals surface area contributed by atoms with Gasteiger partial charge in [0, 0.05) is 0 Å². The molecule has 114 valence electrons. The lowest BCUT2D eigenvalue weighted by Crippen LogP contribution is -2.26. The van der Waals surface area contributed by atoms with E-state index < -0.39 is 0 Å².